The third-order valence-electron chi connectivity index (χ3n) is 3.15. The smallest absolute Gasteiger partial charge is 0.261 e. The van der Waals surface area contributed by atoms with Crippen molar-refractivity contribution in [2.24, 2.45) is 5.73 Å². The number of halogens is 1. The predicted octanol–water partition coefficient (Wildman–Crippen LogP) is 2.47. The Morgan fingerprint density at radius 3 is 2.24 bits per heavy atom. The van der Waals surface area contributed by atoms with Gasteiger partial charge in [0.05, 0.1) is 12.3 Å². The number of hydrogen-bond donors (Lipinski definition) is 3. The SMILES string of the molecule is CS(=O)(=O)O.C[C@H](NCc1ccc(-c2cccc(Cl)c2)cc1)C(N)=O. The Hall–Kier alpha value is -1.93. The summed E-state index contributed by atoms with van der Waals surface area (Å²) in [6.07, 6.45) is 0.715. The molecule has 0 spiro atoms. The van der Waals surface area contributed by atoms with Crippen LogP contribution in [0.1, 0.15) is 12.5 Å². The summed E-state index contributed by atoms with van der Waals surface area (Å²) in [5.41, 5.74) is 8.50. The number of nitrogens with two attached hydrogens (primary N) is 1. The summed E-state index contributed by atoms with van der Waals surface area (Å²) in [6.45, 7) is 2.36. The zero-order valence-corrected chi connectivity index (χ0v) is 15.5. The first kappa shape index (κ1) is 21.1. The highest BCUT2D eigenvalue weighted by Crippen LogP contribution is 2.22. The summed E-state index contributed by atoms with van der Waals surface area (Å²) < 4.78 is 25.9. The Bertz CT molecular complexity index is 800. The minimum Gasteiger partial charge on any atom is -0.368 e. The van der Waals surface area contributed by atoms with Gasteiger partial charge in [0.25, 0.3) is 10.1 Å². The lowest BCUT2D eigenvalue weighted by atomic mass is 10.0. The number of primary amides is 1. The summed E-state index contributed by atoms with van der Waals surface area (Å²) in [7, 11) is -3.67. The molecule has 0 aliphatic carbocycles. The van der Waals surface area contributed by atoms with Crippen LogP contribution in [-0.4, -0.2) is 31.2 Å². The quantitative estimate of drug-likeness (QED) is 0.686. The molecule has 0 aromatic heterocycles. The molecule has 2 aromatic rings. The molecular formula is C17H21ClN2O4S. The highest BCUT2D eigenvalue weighted by atomic mass is 35.5. The van der Waals surface area contributed by atoms with Crippen LogP contribution in [-0.2, 0) is 21.5 Å². The molecule has 0 aliphatic rings. The van der Waals surface area contributed by atoms with Crippen molar-refractivity contribution in [2.45, 2.75) is 19.5 Å². The van der Waals surface area contributed by atoms with E-state index in [-0.39, 0.29) is 11.9 Å². The molecule has 8 heteroatoms. The van der Waals surface area contributed by atoms with E-state index in [0.29, 0.717) is 12.8 Å². The second kappa shape index (κ2) is 9.53. The molecule has 0 bridgehead atoms. The van der Waals surface area contributed by atoms with Crippen molar-refractivity contribution in [1.29, 1.82) is 0 Å². The molecule has 0 unspecified atom stereocenters. The highest BCUT2D eigenvalue weighted by Gasteiger charge is 2.07. The van der Waals surface area contributed by atoms with Gasteiger partial charge in [-0.3, -0.25) is 9.35 Å². The number of amides is 1. The van der Waals surface area contributed by atoms with Crippen LogP contribution in [0.15, 0.2) is 48.5 Å². The standard InChI is InChI=1S/C16H17ClN2O.CH4O3S/c1-11(16(18)20)19-10-12-5-7-13(8-6-12)14-3-2-4-15(17)9-14;1-5(2,3)4/h2-9,11,19H,10H2,1H3,(H2,18,20);1H3,(H,2,3,4)/t11-;/m0./s1. The topological polar surface area (TPSA) is 109 Å². The second-order valence-corrected chi connectivity index (χ2v) is 7.35. The van der Waals surface area contributed by atoms with Crippen LogP contribution in [0.4, 0.5) is 0 Å². The highest BCUT2D eigenvalue weighted by molar-refractivity contribution is 7.85. The van der Waals surface area contributed by atoms with Crippen molar-refractivity contribution in [3.63, 3.8) is 0 Å². The molecule has 2 aromatic carbocycles. The largest absolute Gasteiger partial charge is 0.368 e. The zero-order valence-electron chi connectivity index (χ0n) is 13.9. The van der Waals surface area contributed by atoms with Crippen LogP contribution in [0.5, 0.6) is 0 Å². The first-order valence-corrected chi connectivity index (χ1v) is 9.59. The molecule has 136 valence electrons. The maximum absolute atomic E-state index is 10.9. The fourth-order valence-corrected chi connectivity index (χ4v) is 2.04. The molecule has 0 heterocycles. The summed E-state index contributed by atoms with van der Waals surface area (Å²) in [4.78, 5) is 10.9. The van der Waals surface area contributed by atoms with Gasteiger partial charge in [0, 0.05) is 11.6 Å². The first-order chi connectivity index (χ1) is 11.6. The summed E-state index contributed by atoms with van der Waals surface area (Å²) in [5, 5.41) is 3.80. The minimum atomic E-state index is -3.67. The van der Waals surface area contributed by atoms with Gasteiger partial charge in [-0.2, -0.15) is 8.42 Å². The average molecular weight is 385 g/mol. The molecule has 0 aliphatic heterocycles. The normalized spacial score (nSPS) is 12.0. The van der Waals surface area contributed by atoms with Crippen molar-refractivity contribution >= 4 is 27.6 Å². The number of rotatable bonds is 5. The first-order valence-electron chi connectivity index (χ1n) is 7.36. The second-order valence-electron chi connectivity index (χ2n) is 5.45. The Kier molecular flexibility index (Phi) is 8.05. The van der Waals surface area contributed by atoms with E-state index in [2.05, 4.69) is 5.32 Å². The van der Waals surface area contributed by atoms with Crippen LogP contribution in [0, 0.1) is 0 Å². The Morgan fingerprint density at radius 2 is 1.76 bits per heavy atom. The van der Waals surface area contributed by atoms with Gasteiger partial charge < -0.3 is 11.1 Å². The van der Waals surface area contributed by atoms with Gasteiger partial charge in [-0.05, 0) is 35.7 Å². The lowest BCUT2D eigenvalue weighted by molar-refractivity contribution is -0.119. The molecule has 4 N–H and O–H groups in total. The predicted molar refractivity (Wildman–Crippen MR) is 99.9 cm³/mol. The van der Waals surface area contributed by atoms with Crippen molar-refractivity contribution in [3.8, 4) is 11.1 Å². The van der Waals surface area contributed by atoms with E-state index in [1.54, 1.807) is 6.92 Å². The van der Waals surface area contributed by atoms with Gasteiger partial charge in [-0.1, -0.05) is 48.0 Å². The third kappa shape index (κ3) is 9.21. The van der Waals surface area contributed by atoms with E-state index in [0.717, 1.165) is 21.7 Å². The molecule has 0 saturated heterocycles. The van der Waals surface area contributed by atoms with E-state index in [9.17, 15) is 13.2 Å². The number of nitrogens with one attached hydrogen (secondary N) is 1. The fraction of sp³-hybridized carbons (Fsp3) is 0.235. The lowest BCUT2D eigenvalue weighted by Gasteiger charge is -2.10. The van der Waals surface area contributed by atoms with Gasteiger partial charge in [-0.25, -0.2) is 0 Å². The maximum Gasteiger partial charge on any atom is 0.261 e. The minimum absolute atomic E-state index is 0.331. The number of carbonyl (C=O) groups excluding carboxylic acids is 1. The van der Waals surface area contributed by atoms with Crippen molar-refractivity contribution in [2.75, 3.05) is 6.26 Å². The lowest BCUT2D eigenvalue weighted by Crippen LogP contribution is -2.38. The molecule has 0 saturated carbocycles. The van der Waals surface area contributed by atoms with Gasteiger partial charge in [0.15, 0.2) is 0 Å². The van der Waals surface area contributed by atoms with Gasteiger partial charge in [-0.15, -0.1) is 0 Å². The van der Waals surface area contributed by atoms with Crippen LogP contribution < -0.4 is 11.1 Å². The van der Waals surface area contributed by atoms with E-state index in [1.807, 2.05) is 48.5 Å². The molecule has 6 nitrogen and oxygen atoms in total. The molecule has 0 radical (unpaired) electrons. The molecule has 0 fully saturated rings. The van der Waals surface area contributed by atoms with Gasteiger partial charge in [0.2, 0.25) is 5.91 Å². The Morgan fingerprint density at radius 1 is 1.20 bits per heavy atom. The zero-order chi connectivity index (χ0) is 19.0. The van der Waals surface area contributed by atoms with E-state index < -0.39 is 10.1 Å². The van der Waals surface area contributed by atoms with Crippen molar-refractivity contribution < 1.29 is 17.8 Å². The molecule has 2 rings (SSSR count). The van der Waals surface area contributed by atoms with E-state index >= 15 is 0 Å². The van der Waals surface area contributed by atoms with E-state index in [4.69, 9.17) is 21.9 Å². The fourth-order valence-electron chi connectivity index (χ4n) is 1.85. The van der Waals surface area contributed by atoms with E-state index in [1.165, 1.54) is 0 Å². The van der Waals surface area contributed by atoms with Crippen LogP contribution in [0.2, 0.25) is 5.02 Å². The Labute approximate surface area is 152 Å². The summed E-state index contributed by atoms with van der Waals surface area (Å²) in [6, 6.07) is 15.5. The maximum atomic E-state index is 10.9. The van der Waals surface area contributed by atoms with Crippen LogP contribution in [0.3, 0.4) is 0 Å². The molecule has 25 heavy (non-hydrogen) atoms. The Balaban J connectivity index is 0.000000550. The monoisotopic (exact) mass is 384 g/mol. The van der Waals surface area contributed by atoms with Gasteiger partial charge in [0.1, 0.15) is 0 Å². The van der Waals surface area contributed by atoms with Crippen molar-refractivity contribution in [3.05, 3.63) is 59.1 Å². The number of hydrogen-bond acceptors (Lipinski definition) is 4. The summed E-state index contributed by atoms with van der Waals surface area (Å²) >= 11 is 5.99. The number of benzene rings is 2. The molecule has 1 amide bonds. The number of carbonyl (C=O) groups is 1. The van der Waals surface area contributed by atoms with Crippen LogP contribution in [0.25, 0.3) is 11.1 Å². The summed E-state index contributed by atoms with van der Waals surface area (Å²) in [5.74, 6) is -0.347. The third-order valence-corrected chi connectivity index (χ3v) is 3.39. The van der Waals surface area contributed by atoms with Crippen molar-refractivity contribution in [1.82, 2.24) is 5.32 Å². The van der Waals surface area contributed by atoms with Gasteiger partial charge >= 0.3 is 0 Å². The van der Waals surface area contributed by atoms with Crippen LogP contribution >= 0.6 is 11.6 Å². The molecule has 1 atom stereocenters. The molecular weight excluding hydrogens is 364 g/mol. The average Bonchev–Trinajstić information content (AvgIpc) is 2.51.